The summed E-state index contributed by atoms with van der Waals surface area (Å²) < 4.78 is 33.6. The van der Waals surface area contributed by atoms with Crippen molar-refractivity contribution < 1.29 is 17.6 Å². The fourth-order valence-corrected chi connectivity index (χ4v) is 4.48. The number of amides is 1. The lowest BCUT2D eigenvalue weighted by molar-refractivity contribution is 0.0994. The molecule has 1 aliphatic heterocycles. The van der Waals surface area contributed by atoms with E-state index in [0.717, 1.165) is 18.5 Å². The quantitative estimate of drug-likeness (QED) is 0.902. The van der Waals surface area contributed by atoms with Gasteiger partial charge in [0.05, 0.1) is 5.69 Å². The average molecular weight is 352 g/mol. The Morgan fingerprint density at radius 1 is 1.25 bits per heavy atom. The summed E-state index contributed by atoms with van der Waals surface area (Å²) in [6, 6.07) is 3.01. The summed E-state index contributed by atoms with van der Waals surface area (Å²) in [6.07, 6.45) is 1.70. The third-order valence-electron chi connectivity index (χ3n) is 4.02. The lowest BCUT2D eigenvalue weighted by atomic mass is 10.4. The number of hydrogen-bond donors (Lipinski definition) is 1. The van der Waals surface area contributed by atoms with E-state index in [1.807, 2.05) is 6.92 Å². The fraction of sp³-hybridized carbons (Fsp3) is 0.467. The number of aryl methyl sites for hydroxylation is 3. The molecule has 2 aromatic heterocycles. The van der Waals surface area contributed by atoms with E-state index in [1.54, 1.807) is 20.0 Å². The molecule has 0 saturated carbocycles. The first-order chi connectivity index (χ1) is 11.3. The molecule has 0 aromatic carbocycles. The predicted molar refractivity (Wildman–Crippen MR) is 87.3 cm³/mol. The minimum absolute atomic E-state index is 0.0378. The largest absolute Gasteiger partial charge is 0.455 e. The molecule has 0 bridgehead atoms. The Kier molecular flexibility index (Phi) is 4.22. The number of furan rings is 1. The molecule has 0 unspecified atom stereocenters. The van der Waals surface area contributed by atoms with Crippen LogP contribution in [0.5, 0.6) is 0 Å². The molecule has 130 valence electrons. The van der Waals surface area contributed by atoms with Crippen LogP contribution in [0.1, 0.15) is 34.9 Å². The Bertz CT molecular complexity index is 875. The smallest absolute Gasteiger partial charge is 0.292 e. The predicted octanol–water partition coefficient (Wildman–Crippen LogP) is 1.67. The van der Waals surface area contributed by atoms with Crippen LogP contribution in [0, 0.1) is 13.8 Å². The second kappa shape index (κ2) is 6.06. The van der Waals surface area contributed by atoms with Gasteiger partial charge in [-0.25, -0.2) is 8.42 Å². The van der Waals surface area contributed by atoms with E-state index in [4.69, 9.17) is 4.42 Å². The van der Waals surface area contributed by atoms with Gasteiger partial charge in [0.2, 0.25) is 10.0 Å². The Morgan fingerprint density at radius 3 is 2.50 bits per heavy atom. The Morgan fingerprint density at radius 2 is 1.92 bits per heavy atom. The van der Waals surface area contributed by atoms with Gasteiger partial charge in [-0.1, -0.05) is 0 Å². The normalized spacial score (nSPS) is 15.8. The van der Waals surface area contributed by atoms with Gasteiger partial charge in [0.1, 0.15) is 16.5 Å². The van der Waals surface area contributed by atoms with Crippen molar-refractivity contribution in [2.45, 2.75) is 31.6 Å². The van der Waals surface area contributed by atoms with E-state index in [0.29, 0.717) is 18.9 Å². The van der Waals surface area contributed by atoms with Gasteiger partial charge < -0.3 is 9.73 Å². The number of rotatable bonds is 4. The number of aromatic nitrogens is 2. The number of nitrogens with zero attached hydrogens (tertiary/aromatic N) is 3. The number of carbonyl (C=O) groups is 1. The highest BCUT2D eigenvalue weighted by molar-refractivity contribution is 7.89. The lowest BCUT2D eigenvalue weighted by Crippen LogP contribution is -2.28. The molecule has 1 fully saturated rings. The molecule has 0 radical (unpaired) electrons. The maximum Gasteiger partial charge on any atom is 0.292 e. The van der Waals surface area contributed by atoms with Gasteiger partial charge >= 0.3 is 0 Å². The maximum absolute atomic E-state index is 12.6. The highest BCUT2D eigenvalue weighted by Gasteiger charge is 2.31. The molecule has 1 amide bonds. The van der Waals surface area contributed by atoms with Gasteiger partial charge in [0.25, 0.3) is 5.91 Å². The number of hydrogen-bond acceptors (Lipinski definition) is 5. The molecule has 3 rings (SSSR count). The Hall–Kier alpha value is -2.13. The molecule has 1 saturated heterocycles. The summed E-state index contributed by atoms with van der Waals surface area (Å²) in [5.41, 5.74) is 0.765. The Balaban J connectivity index is 1.85. The van der Waals surface area contributed by atoms with Crippen molar-refractivity contribution in [1.82, 2.24) is 14.1 Å². The lowest BCUT2D eigenvalue weighted by Gasteiger charge is -2.14. The van der Waals surface area contributed by atoms with Crippen molar-refractivity contribution in [1.29, 1.82) is 0 Å². The van der Waals surface area contributed by atoms with Gasteiger partial charge in [-0.2, -0.15) is 9.40 Å². The minimum atomic E-state index is -3.62. The van der Waals surface area contributed by atoms with Crippen LogP contribution in [0.2, 0.25) is 0 Å². The molecule has 0 aliphatic carbocycles. The van der Waals surface area contributed by atoms with Gasteiger partial charge in [0.15, 0.2) is 5.76 Å². The third kappa shape index (κ3) is 2.96. The van der Waals surface area contributed by atoms with E-state index < -0.39 is 15.9 Å². The first-order valence-corrected chi connectivity index (χ1v) is 9.15. The van der Waals surface area contributed by atoms with E-state index >= 15 is 0 Å². The summed E-state index contributed by atoms with van der Waals surface area (Å²) in [5.74, 6) is 0.178. The fourth-order valence-electron chi connectivity index (χ4n) is 2.81. The highest BCUT2D eigenvalue weighted by Crippen LogP contribution is 2.26. The van der Waals surface area contributed by atoms with E-state index in [9.17, 15) is 13.2 Å². The maximum atomic E-state index is 12.6. The number of nitrogens with one attached hydrogen (secondary N) is 1. The van der Waals surface area contributed by atoms with E-state index in [-0.39, 0.29) is 16.4 Å². The summed E-state index contributed by atoms with van der Waals surface area (Å²) in [5, 5.41) is 6.81. The van der Waals surface area contributed by atoms with Crippen LogP contribution >= 0.6 is 0 Å². The summed E-state index contributed by atoms with van der Waals surface area (Å²) >= 11 is 0. The molecule has 9 heteroatoms. The molecular formula is C15H20N4O4S. The van der Waals surface area contributed by atoms with Crippen molar-refractivity contribution in [2.75, 3.05) is 18.4 Å². The highest BCUT2D eigenvalue weighted by atomic mass is 32.2. The SMILES string of the molecule is Cc1cc(NC(=O)c2cc(S(=O)(=O)N3CCCC3)c(C)o2)n(C)n1. The van der Waals surface area contributed by atoms with Crippen molar-refractivity contribution in [2.24, 2.45) is 7.05 Å². The zero-order valence-electron chi connectivity index (χ0n) is 13.9. The van der Waals surface area contributed by atoms with Crippen molar-refractivity contribution in [3.63, 3.8) is 0 Å². The standard InChI is InChI=1S/C15H20N4O4S/c1-10-8-14(18(3)17-10)16-15(20)12-9-13(11(2)23-12)24(21,22)19-6-4-5-7-19/h8-9H,4-7H2,1-3H3,(H,16,20). The average Bonchev–Trinajstić information content (AvgIpc) is 3.20. The summed E-state index contributed by atoms with van der Waals surface area (Å²) in [4.78, 5) is 12.4. The van der Waals surface area contributed by atoms with Gasteiger partial charge in [0, 0.05) is 32.3 Å². The van der Waals surface area contributed by atoms with Crippen molar-refractivity contribution in [3.8, 4) is 0 Å². The van der Waals surface area contributed by atoms with Crippen LogP contribution in [-0.4, -0.2) is 41.5 Å². The topological polar surface area (TPSA) is 97.4 Å². The first-order valence-electron chi connectivity index (χ1n) is 7.71. The zero-order chi connectivity index (χ0) is 17.5. The molecule has 1 N–H and O–H groups in total. The molecule has 2 aromatic rings. The molecule has 8 nitrogen and oxygen atoms in total. The van der Waals surface area contributed by atoms with Crippen LogP contribution in [0.15, 0.2) is 21.4 Å². The van der Waals surface area contributed by atoms with Crippen molar-refractivity contribution in [3.05, 3.63) is 29.3 Å². The molecule has 1 aliphatic rings. The molecular weight excluding hydrogens is 332 g/mol. The third-order valence-corrected chi connectivity index (χ3v) is 6.03. The number of sulfonamides is 1. The van der Waals surface area contributed by atoms with Gasteiger partial charge in [-0.15, -0.1) is 0 Å². The van der Waals surface area contributed by atoms with Gasteiger partial charge in [-0.05, 0) is 26.7 Å². The Labute approximate surface area is 140 Å². The van der Waals surface area contributed by atoms with E-state index in [2.05, 4.69) is 10.4 Å². The molecule has 0 atom stereocenters. The summed E-state index contributed by atoms with van der Waals surface area (Å²) in [6.45, 7) is 4.37. The van der Waals surface area contributed by atoms with Crippen LogP contribution in [0.4, 0.5) is 5.82 Å². The second-order valence-electron chi connectivity index (χ2n) is 5.89. The first kappa shape index (κ1) is 16.7. The van der Waals surface area contributed by atoms with Crippen LogP contribution in [0.25, 0.3) is 0 Å². The number of anilines is 1. The minimum Gasteiger partial charge on any atom is -0.455 e. The van der Waals surface area contributed by atoms with Crippen LogP contribution < -0.4 is 5.32 Å². The van der Waals surface area contributed by atoms with Crippen LogP contribution in [0.3, 0.4) is 0 Å². The number of carbonyl (C=O) groups excluding carboxylic acids is 1. The van der Waals surface area contributed by atoms with E-state index in [1.165, 1.54) is 15.1 Å². The van der Waals surface area contributed by atoms with Gasteiger partial charge in [-0.3, -0.25) is 9.48 Å². The monoisotopic (exact) mass is 352 g/mol. The van der Waals surface area contributed by atoms with Crippen molar-refractivity contribution >= 4 is 21.7 Å². The zero-order valence-corrected chi connectivity index (χ0v) is 14.7. The second-order valence-corrected chi connectivity index (χ2v) is 7.80. The molecule has 0 spiro atoms. The molecule has 24 heavy (non-hydrogen) atoms. The molecule has 3 heterocycles. The van der Waals surface area contributed by atoms with Crippen LogP contribution in [-0.2, 0) is 17.1 Å². The summed E-state index contributed by atoms with van der Waals surface area (Å²) in [7, 11) is -1.91.